The SMILES string of the molecule is CC(C)CC1CC(C)C2(OCCCCCO2)C(C)C1. The molecule has 1 aliphatic carbocycles. The molecule has 2 nitrogen and oxygen atoms in total. The van der Waals surface area contributed by atoms with Crippen LogP contribution in [0.1, 0.15) is 66.2 Å². The average Bonchev–Trinajstić information content (AvgIpc) is 2.26. The van der Waals surface area contributed by atoms with E-state index in [4.69, 9.17) is 9.47 Å². The summed E-state index contributed by atoms with van der Waals surface area (Å²) in [7, 11) is 0. The van der Waals surface area contributed by atoms with Crippen molar-refractivity contribution in [3.8, 4) is 0 Å². The molecule has 0 radical (unpaired) electrons. The molecule has 1 aliphatic heterocycles. The Balaban J connectivity index is 2.04. The van der Waals surface area contributed by atoms with Crippen molar-refractivity contribution in [2.24, 2.45) is 23.7 Å². The van der Waals surface area contributed by atoms with Crippen molar-refractivity contribution < 1.29 is 9.47 Å². The van der Waals surface area contributed by atoms with Crippen LogP contribution in [0, 0.1) is 23.7 Å². The average molecular weight is 268 g/mol. The molecule has 2 rings (SSSR count). The van der Waals surface area contributed by atoms with Crippen LogP contribution in [-0.2, 0) is 9.47 Å². The normalized spacial score (nSPS) is 36.2. The first-order valence-electron chi connectivity index (χ1n) is 8.32. The molecular weight excluding hydrogens is 236 g/mol. The van der Waals surface area contributed by atoms with Crippen LogP contribution in [0.5, 0.6) is 0 Å². The Hall–Kier alpha value is -0.0800. The highest BCUT2D eigenvalue weighted by molar-refractivity contribution is 4.91. The summed E-state index contributed by atoms with van der Waals surface area (Å²) in [6.45, 7) is 11.1. The molecule has 1 saturated heterocycles. The fourth-order valence-electron chi connectivity index (χ4n) is 4.22. The minimum atomic E-state index is -0.284. The summed E-state index contributed by atoms with van der Waals surface area (Å²) in [6.07, 6.45) is 7.52. The second-order valence-electron chi connectivity index (χ2n) is 7.25. The zero-order chi connectivity index (χ0) is 13.9. The summed E-state index contributed by atoms with van der Waals surface area (Å²) < 4.78 is 12.5. The quantitative estimate of drug-likeness (QED) is 0.727. The lowest BCUT2D eigenvalue weighted by Gasteiger charge is -2.49. The van der Waals surface area contributed by atoms with Crippen molar-refractivity contribution >= 4 is 0 Å². The third-order valence-electron chi connectivity index (χ3n) is 5.00. The first-order chi connectivity index (χ1) is 9.04. The molecule has 19 heavy (non-hydrogen) atoms. The van der Waals surface area contributed by atoms with Gasteiger partial charge in [0.1, 0.15) is 0 Å². The second kappa shape index (κ2) is 6.58. The molecule has 2 heteroatoms. The molecule has 2 unspecified atom stereocenters. The Morgan fingerprint density at radius 2 is 1.47 bits per heavy atom. The molecule has 1 saturated carbocycles. The maximum Gasteiger partial charge on any atom is 0.173 e. The number of hydrogen-bond donors (Lipinski definition) is 0. The lowest BCUT2D eigenvalue weighted by molar-refractivity contribution is -0.311. The Morgan fingerprint density at radius 1 is 0.947 bits per heavy atom. The summed E-state index contributed by atoms with van der Waals surface area (Å²) in [5.74, 6) is 2.43. The van der Waals surface area contributed by atoms with Gasteiger partial charge in [0, 0.05) is 11.8 Å². The summed E-state index contributed by atoms with van der Waals surface area (Å²) in [6, 6.07) is 0. The molecule has 0 amide bonds. The van der Waals surface area contributed by atoms with Gasteiger partial charge in [-0.15, -0.1) is 0 Å². The van der Waals surface area contributed by atoms with E-state index in [0.29, 0.717) is 11.8 Å². The monoisotopic (exact) mass is 268 g/mol. The molecule has 1 spiro atoms. The number of rotatable bonds is 2. The molecule has 2 aliphatic rings. The van der Waals surface area contributed by atoms with Gasteiger partial charge in [-0.1, -0.05) is 27.7 Å². The summed E-state index contributed by atoms with van der Waals surface area (Å²) in [5, 5.41) is 0. The largest absolute Gasteiger partial charge is 0.349 e. The van der Waals surface area contributed by atoms with Crippen LogP contribution in [0.3, 0.4) is 0 Å². The molecule has 0 aromatic carbocycles. The van der Waals surface area contributed by atoms with Crippen molar-refractivity contribution in [2.45, 2.75) is 72.0 Å². The van der Waals surface area contributed by atoms with Gasteiger partial charge in [-0.2, -0.15) is 0 Å². The summed E-state index contributed by atoms with van der Waals surface area (Å²) in [5.41, 5.74) is 0. The van der Waals surface area contributed by atoms with Crippen LogP contribution in [0.4, 0.5) is 0 Å². The van der Waals surface area contributed by atoms with E-state index in [2.05, 4.69) is 27.7 Å². The van der Waals surface area contributed by atoms with Gasteiger partial charge in [0.2, 0.25) is 0 Å². The first-order valence-corrected chi connectivity index (χ1v) is 8.32. The van der Waals surface area contributed by atoms with Gasteiger partial charge in [0.15, 0.2) is 5.79 Å². The van der Waals surface area contributed by atoms with Gasteiger partial charge in [0.05, 0.1) is 13.2 Å². The van der Waals surface area contributed by atoms with Crippen LogP contribution in [-0.4, -0.2) is 19.0 Å². The van der Waals surface area contributed by atoms with E-state index in [0.717, 1.165) is 25.0 Å². The van der Waals surface area contributed by atoms with Crippen molar-refractivity contribution in [1.29, 1.82) is 0 Å². The van der Waals surface area contributed by atoms with Gasteiger partial charge in [0.25, 0.3) is 0 Å². The molecule has 2 atom stereocenters. The Kier molecular flexibility index (Phi) is 5.30. The maximum absolute atomic E-state index is 6.27. The number of hydrogen-bond acceptors (Lipinski definition) is 2. The van der Waals surface area contributed by atoms with Gasteiger partial charge < -0.3 is 9.47 Å². The highest BCUT2D eigenvalue weighted by Gasteiger charge is 2.48. The smallest absolute Gasteiger partial charge is 0.173 e. The second-order valence-corrected chi connectivity index (χ2v) is 7.25. The lowest BCUT2D eigenvalue weighted by Crippen LogP contribution is -2.53. The lowest BCUT2D eigenvalue weighted by atomic mass is 9.69. The van der Waals surface area contributed by atoms with Crippen molar-refractivity contribution in [1.82, 2.24) is 0 Å². The van der Waals surface area contributed by atoms with Crippen LogP contribution < -0.4 is 0 Å². The molecule has 2 fully saturated rings. The molecule has 0 bridgehead atoms. The molecule has 1 heterocycles. The van der Waals surface area contributed by atoms with Crippen LogP contribution >= 0.6 is 0 Å². The Morgan fingerprint density at radius 3 is 1.95 bits per heavy atom. The predicted octanol–water partition coefficient (Wildman–Crippen LogP) is 4.63. The zero-order valence-corrected chi connectivity index (χ0v) is 13.3. The van der Waals surface area contributed by atoms with E-state index in [1.807, 2.05) is 0 Å². The summed E-state index contributed by atoms with van der Waals surface area (Å²) in [4.78, 5) is 0. The Bertz CT molecular complexity index is 252. The zero-order valence-electron chi connectivity index (χ0n) is 13.3. The first kappa shape index (κ1) is 15.3. The third-order valence-corrected chi connectivity index (χ3v) is 5.00. The maximum atomic E-state index is 6.27. The highest BCUT2D eigenvalue weighted by atomic mass is 16.7. The fourth-order valence-corrected chi connectivity index (χ4v) is 4.22. The van der Waals surface area contributed by atoms with Crippen molar-refractivity contribution in [3.63, 3.8) is 0 Å². The van der Waals surface area contributed by atoms with Gasteiger partial charge >= 0.3 is 0 Å². The van der Waals surface area contributed by atoms with Gasteiger partial charge in [-0.25, -0.2) is 0 Å². The van der Waals surface area contributed by atoms with E-state index in [9.17, 15) is 0 Å². The van der Waals surface area contributed by atoms with Crippen LogP contribution in [0.25, 0.3) is 0 Å². The third kappa shape index (κ3) is 3.52. The van der Waals surface area contributed by atoms with Crippen LogP contribution in [0.2, 0.25) is 0 Å². The molecular formula is C17H32O2. The molecule has 0 N–H and O–H groups in total. The van der Waals surface area contributed by atoms with Crippen LogP contribution in [0.15, 0.2) is 0 Å². The predicted molar refractivity (Wildman–Crippen MR) is 79.0 cm³/mol. The van der Waals surface area contributed by atoms with Gasteiger partial charge in [-0.05, 0) is 50.4 Å². The highest BCUT2D eigenvalue weighted by Crippen LogP contribution is 2.46. The van der Waals surface area contributed by atoms with E-state index in [1.54, 1.807) is 0 Å². The standard InChI is InChI=1S/C17H32O2/c1-13(2)10-16-11-14(3)17(15(4)12-16)18-8-6-5-7-9-19-17/h13-16H,5-12H2,1-4H3. The topological polar surface area (TPSA) is 18.5 Å². The van der Waals surface area contributed by atoms with E-state index >= 15 is 0 Å². The van der Waals surface area contributed by atoms with E-state index in [1.165, 1.54) is 38.5 Å². The molecule has 0 aromatic rings. The minimum Gasteiger partial charge on any atom is -0.349 e. The van der Waals surface area contributed by atoms with Gasteiger partial charge in [-0.3, -0.25) is 0 Å². The Labute approximate surface area is 119 Å². The minimum absolute atomic E-state index is 0.284. The van der Waals surface area contributed by atoms with Crippen molar-refractivity contribution in [3.05, 3.63) is 0 Å². The summed E-state index contributed by atoms with van der Waals surface area (Å²) >= 11 is 0. The van der Waals surface area contributed by atoms with E-state index < -0.39 is 0 Å². The number of ether oxygens (including phenoxy) is 2. The molecule has 0 aromatic heterocycles. The van der Waals surface area contributed by atoms with E-state index in [-0.39, 0.29) is 5.79 Å². The van der Waals surface area contributed by atoms with Crippen molar-refractivity contribution in [2.75, 3.05) is 13.2 Å². The fraction of sp³-hybridized carbons (Fsp3) is 1.00. The molecule has 112 valence electrons.